The molecule has 19 heavy (non-hydrogen) atoms. The van der Waals surface area contributed by atoms with E-state index in [9.17, 15) is 5.11 Å². The molecule has 1 unspecified atom stereocenters. The third-order valence-corrected chi connectivity index (χ3v) is 2.97. The SMILES string of the molecule is CC(C)CCc1ccccc1OCC(O)CN(C)C. The molecule has 0 saturated heterocycles. The van der Waals surface area contributed by atoms with E-state index in [2.05, 4.69) is 19.9 Å². The quantitative estimate of drug-likeness (QED) is 0.784. The lowest BCUT2D eigenvalue weighted by molar-refractivity contribution is 0.0827. The summed E-state index contributed by atoms with van der Waals surface area (Å²) in [5.74, 6) is 1.59. The highest BCUT2D eigenvalue weighted by atomic mass is 16.5. The minimum absolute atomic E-state index is 0.344. The zero-order valence-electron chi connectivity index (χ0n) is 12.6. The molecular weight excluding hydrogens is 238 g/mol. The monoisotopic (exact) mass is 265 g/mol. The van der Waals surface area contributed by atoms with Gasteiger partial charge in [0.15, 0.2) is 0 Å². The van der Waals surface area contributed by atoms with Gasteiger partial charge in [0.2, 0.25) is 0 Å². The molecule has 0 spiro atoms. The summed E-state index contributed by atoms with van der Waals surface area (Å²) in [6.07, 6.45) is 1.73. The van der Waals surface area contributed by atoms with Gasteiger partial charge in [-0.15, -0.1) is 0 Å². The second-order valence-electron chi connectivity index (χ2n) is 5.77. The van der Waals surface area contributed by atoms with Gasteiger partial charge in [0.25, 0.3) is 0 Å². The van der Waals surface area contributed by atoms with Gasteiger partial charge in [0.05, 0.1) is 0 Å². The van der Waals surface area contributed by atoms with Gasteiger partial charge in [-0.25, -0.2) is 0 Å². The lowest BCUT2D eigenvalue weighted by Gasteiger charge is -2.18. The van der Waals surface area contributed by atoms with E-state index in [1.807, 2.05) is 37.2 Å². The van der Waals surface area contributed by atoms with Crippen LogP contribution in [0.1, 0.15) is 25.8 Å². The highest BCUT2D eigenvalue weighted by molar-refractivity contribution is 5.33. The van der Waals surface area contributed by atoms with Crippen molar-refractivity contribution in [2.45, 2.75) is 32.8 Å². The van der Waals surface area contributed by atoms with Crippen LogP contribution in [-0.2, 0) is 6.42 Å². The molecule has 0 fully saturated rings. The predicted octanol–water partition coefficient (Wildman–Crippen LogP) is 2.58. The van der Waals surface area contributed by atoms with Crippen LogP contribution in [0.15, 0.2) is 24.3 Å². The van der Waals surface area contributed by atoms with E-state index >= 15 is 0 Å². The van der Waals surface area contributed by atoms with Gasteiger partial charge in [-0.05, 0) is 44.5 Å². The van der Waals surface area contributed by atoms with Crippen LogP contribution in [0.5, 0.6) is 5.75 Å². The molecule has 0 amide bonds. The second-order valence-corrected chi connectivity index (χ2v) is 5.77. The summed E-state index contributed by atoms with van der Waals surface area (Å²) in [5, 5.41) is 9.82. The van der Waals surface area contributed by atoms with Crippen molar-refractivity contribution < 1.29 is 9.84 Å². The molecule has 0 aromatic heterocycles. The Morgan fingerprint density at radius 1 is 1.21 bits per heavy atom. The largest absolute Gasteiger partial charge is 0.491 e. The maximum atomic E-state index is 9.82. The maximum Gasteiger partial charge on any atom is 0.122 e. The molecule has 1 atom stereocenters. The lowest BCUT2D eigenvalue weighted by Crippen LogP contribution is -2.30. The number of nitrogens with zero attached hydrogens (tertiary/aromatic N) is 1. The van der Waals surface area contributed by atoms with Crippen LogP contribution >= 0.6 is 0 Å². The van der Waals surface area contributed by atoms with Crippen molar-refractivity contribution in [1.29, 1.82) is 0 Å². The van der Waals surface area contributed by atoms with E-state index in [-0.39, 0.29) is 0 Å². The number of ether oxygens (including phenoxy) is 1. The zero-order chi connectivity index (χ0) is 14.3. The molecule has 0 aliphatic carbocycles. The standard InChI is InChI=1S/C16H27NO2/c1-13(2)9-10-14-7-5-6-8-16(14)19-12-15(18)11-17(3)4/h5-8,13,15,18H,9-12H2,1-4H3. The first kappa shape index (κ1) is 16.0. The van der Waals surface area contributed by atoms with E-state index in [4.69, 9.17) is 4.74 Å². The van der Waals surface area contributed by atoms with Crippen molar-refractivity contribution in [1.82, 2.24) is 4.90 Å². The van der Waals surface area contributed by atoms with Crippen LogP contribution in [0.3, 0.4) is 0 Å². The average molecular weight is 265 g/mol. The molecule has 0 heterocycles. The van der Waals surface area contributed by atoms with E-state index in [0.29, 0.717) is 19.1 Å². The normalized spacial score (nSPS) is 13.0. The van der Waals surface area contributed by atoms with Crippen molar-refractivity contribution in [2.75, 3.05) is 27.2 Å². The van der Waals surface area contributed by atoms with Crippen molar-refractivity contribution in [3.63, 3.8) is 0 Å². The minimum Gasteiger partial charge on any atom is -0.491 e. The number of likely N-dealkylation sites (N-methyl/N-ethyl adjacent to an activating group) is 1. The number of rotatable bonds is 8. The van der Waals surface area contributed by atoms with Gasteiger partial charge in [0, 0.05) is 6.54 Å². The van der Waals surface area contributed by atoms with Crippen molar-refractivity contribution in [2.24, 2.45) is 5.92 Å². The van der Waals surface area contributed by atoms with Gasteiger partial charge >= 0.3 is 0 Å². The summed E-state index contributed by atoms with van der Waals surface area (Å²) < 4.78 is 5.76. The number of aliphatic hydroxyl groups is 1. The van der Waals surface area contributed by atoms with Gasteiger partial charge in [0.1, 0.15) is 18.5 Å². The number of aryl methyl sites for hydroxylation is 1. The molecule has 0 aliphatic heterocycles. The van der Waals surface area contributed by atoms with Crippen LogP contribution in [0.4, 0.5) is 0 Å². The summed E-state index contributed by atoms with van der Waals surface area (Å²) in [7, 11) is 3.89. The van der Waals surface area contributed by atoms with Crippen molar-refractivity contribution in [3.05, 3.63) is 29.8 Å². The molecule has 3 nitrogen and oxygen atoms in total. The Morgan fingerprint density at radius 3 is 2.53 bits per heavy atom. The van der Waals surface area contributed by atoms with E-state index in [0.717, 1.165) is 18.6 Å². The molecular formula is C16H27NO2. The summed E-state index contributed by atoms with van der Waals surface area (Å²) in [4.78, 5) is 1.96. The molecule has 0 aliphatic rings. The van der Waals surface area contributed by atoms with Crippen molar-refractivity contribution >= 4 is 0 Å². The Bertz CT molecular complexity index is 364. The third-order valence-electron chi connectivity index (χ3n) is 2.97. The van der Waals surface area contributed by atoms with Gasteiger partial charge in [-0.1, -0.05) is 32.0 Å². The summed E-state index contributed by atoms with van der Waals surface area (Å²) in [5.41, 5.74) is 1.23. The van der Waals surface area contributed by atoms with Gasteiger partial charge < -0.3 is 14.7 Å². The summed E-state index contributed by atoms with van der Waals surface area (Å²) in [6, 6.07) is 8.11. The van der Waals surface area contributed by atoms with Crippen molar-refractivity contribution in [3.8, 4) is 5.75 Å². The fourth-order valence-electron chi connectivity index (χ4n) is 1.96. The molecule has 0 bridgehead atoms. The molecule has 1 aromatic carbocycles. The molecule has 1 N–H and O–H groups in total. The topological polar surface area (TPSA) is 32.7 Å². The summed E-state index contributed by atoms with van der Waals surface area (Å²) in [6.45, 7) is 5.42. The van der Waals surface area contributed by atoms with E-state index in [1.54, 1.807) is 0 Å². The average Bonchev–Trinajstić information content (AvgIpc) is 2.34. The fraction of sp³-hybridized carbons (Fsp3) is 0.625. The Hall–Kier alpha value is -1.06. The highest BCUT2D eigenvalue weighted by Crippen LogP contribution is 2.21. The number of hydrogen-bond acceptors (Lipinski definition) is 3. The van der Waals surface area contributed by atoms with E-state index in [1.165, 1.54) is 5.56 Å². The molecule has 3 heteroatoms. The molecule has 108 valence electrons. The van der Waals surface area contributed by atoms with Crippen LogP contribution in [-0.4, -0.2) is 43.4 Å². The first-order valence-corrected chi connectivity index (χ1v) is 7.02. The molecule has 1 aromatic rings. The van der Waals surface area contributed by atoms with E-state index < -0.39 is 6.10 Å². The predicted molar refractivity (Wildman–Crippen MR) is 79.7 cm³/mol. The third kappa shape index (κ3) is 6.60. The van der Waals surface area contributed by atoms with Gasteiger partial charge in [-0.3, -0.25) is 0 Å². The van der Waals surface area contributed by atoms with Crippen LogP contribution < -0.4 is 4.74 Å². The minimum atomic E-state index is -0.451. The molecule has 1 rings (SSSR count). The number of para-hydroxylation sites is 1. The maximum absolute atomic E-state index is 9.82. The Morgan fingerprint density at radius 2 is 1.89 bits per heavy atom. The van der Waals surface area contributed by atoms with Gasteiger partial charge in [-0.2, -0.15) is 0 Å². The van der Waals surface area contributed by atoms with Crippen LogP contribution in [0.2, 0.25) is 0 Å². The van der Waals surface area contributed by atoms with Crippen LogP contribution in [0.25, 0.3) is 0 Å². The Balaban J connectivity index is 2.52. The first-order valence-electron chi connectivity index (χ1n) is 7.02. The summed E-state index contributed by atoms with van der Waals surface area (Å²) >= 11 is 0. The number of aliphatic hydroxyl groups excluding tert-OH is 1. The molecule has 0 saturated carbocycles. The zero-order valence-corrected chi connectivity index (χ0v) is 12.6. The fourth-order valence-corrected chi connectivity index (χ4v) is 1.96. The van der Waals surface area contributed by atoms with Crippen LogP contribution in [0, 0.1) is 5.92 Å². The number of hydrogen-bond donors (Lipinski definition) is 1. The smallest absolute Gasteiger partial charge is 0.122 e. The lowest BCUT2D eigenvalue weighted by atomic mass is 10.0. The Kier molecular flexibility index (Phi) is 6.89. The first-order chi connectivity index (χ1) is 8.99. The molecule has 0 radical (unpaired) electrons. The Labute approximate surface area is 117 Å². The second kappa shape index (κ2) is 8.18. The number of benzene rings is 1. The highest BCUT2D eigenvalue weighted by Gasteiger charge is 2.09.